The summed E-state index contributed by atoms with van der Waals surface area (Å²) >= 11 is 0. The number of nitrogens with zero attached hydrogens (tertiary/aromatic N) is 3. The predicted molar refractivity (Wildman–Crippen MR) is 117 cm³/mol. The molecule has 2 aromatic carbocycles. The quantitative estimate of drug-likeness (QED) is 0.502. The molecule has 30 heavy (non-hydrogen) atoms. The molecule has 3 rings (SSSR count). The lowest BCUT2D eigenvalue weighted by molar-refractivity contribution is -0.384. The number of nitro groups is 1. The fourth-order valence-electron chi connectivity index (χ4n) is 3.65. The van der Waals surface area contributed by atoms with Crippen LogP contribution in [0.25, 0.3) is 0 Å². The molecule has 1 aliphatic heterocycles. The fourth-order valence-corrected chi connectivity index (χ4v) is 3.65. The monoisotopic (exact) mass is 411 g/mol. The van der Waals surface area contributed by atoms with E-state index in [2.05, 4.69) is 6.92 Å². The van der Waals surface area contributed by atoms with E-state index in [1.165, 1.54) is 11.0 Å². The van der Waals surface area contributed by atoms with Gasteiger partial charge in [0.05, 0.1) is 11.5 Å². The molecule has 0 aliphatic carbocycles. The van der Waals surface area contributed by atoms with Crippen LogP contribution in [0.15, 0.2) is 42.5 Å². The van der Waals surface area contributed by atoms with Gasteiger partial charge in [-0.15, -0.1) is 0 Å². The van der Waals surface area contributed by atoms with E-state index in [9.17, 15) is 14.9 Å². The first-order chi connectivity index (χ1) is 14.3. The summed E-state index contributed by atoms with van der Waals surface area (Å²) in [7, 11) is 1.67. The summed E-state index contributed by atoms with van der Waals surface area (Å²) in [4.78, 5) is 27.6. The predicted octanol–water partition coefficient (Wildman–Crippen LogP) is 4.29. The van der Waals surface area contributed by atoms with E-state index in [1.54, 1.807) is 19.2 Å². The maximum Gasteiger partial charge on any atom is 0.293 e. The number of hydrogen-bond donors (Lipinski definition) is 0. The van der Waals surface area contributed by atoms with Gasteiger partial charge in [-0.05, 0) is 55.5 Å². The Labute approximate surface area is 177 Å². The molecule has 0 bridgehead atoms. The highest BCUT2D eigenvalue weighted by Gasteiger charge is 2.25. The number of piperidine rings is 1. The summed E-state index contributed by atoms with van der Waals surface area (Å²) in [6.07, 6.45) is 2.03. The van der Waals surface area contributed by atoms with Gasteiger partial charge in [-0.2, -0.15) is 0 Å². The van der Waals surface area contributed by atoms with Crippen LogP contribution in [0.2, 0.25) is 0 Å². The lowest BCUT2D eigenvalue weighted by atomic mass is 9.98. The van der Waals surface area contributed by atoms with Crippen LogP contribution in [-0.4, -0.2) is 49.0 Å². The van der Waals surface area contributed by atoms with Crippen LogP contribution >= 0.6 is 0 Å². The number of amides is 1. The highest BCUT2D eigenvalue weighted by molar-refractivity contribution is 5.95. The molecule has 0 atom stereocenters. The van der Waals surface area contributed by atoms with Crippen molar-refractivity contribution >= 4 is 17.3 Å². The van der Waals surface area contributed by atoms with Crippen molar-refractivity contribution in [1.29, 1.82) is 0 Å². The molecule has 2 aromatic rings. The number of likely N-dealkylation sites (N-methyl/N-ethyl adjacent to an activating group) is 1. The van der Waals surface area contributed by atoms with Gasteiger partial charge in [-0.1, -0.05) is 19.1 Å². The molecule has 1 heterocycles. The summed E-state index contributed by atoms with van der Waals surface area (Å²) in [5.41, 5.74) is 2.00. The molecule has 0 saturated carbocycles. The number of nitro benzene ring substituents is 1. The summed E-state index contributed by atoms with van der Waals surface area (Å²) in [6.45, 7) is 6.51. The second kappa shape index (κ2) is 9.61. The van der Waals surface area contributed by atoms with Gasteiger partial charge in [0.15, 0.2) is 0 Å². The molecule has 0 N–H and O–H groups in total. The number of carbonyl (C=O) groups is 1. The second-order valence-electron chi connectivity index (χ2n) is 8.02. The summed E-state index contributed by atoms with van der Waals surface area (Å²) < 4.78 is 5.70. The Bertz CT molecular complexity index is 907. The van der Waals surface area contributed by atoms with E-state index in [0.29, 0.717) is 30.3 Å². The lowest BCUT2D eigenvalue weighted by Gasteiger charge is -2.31. The van der Waals surface area contributed by atoms with Crippen molar-refractivity contribution in [1.82, 2.24) is 4.90 Å². The van der Waals surface area contributed by atoms with Crippen molar-refractivity contribution in [3.63, 3.8) is 0 Å². The Morgan fingerprint density at radius 3 is 2.63 bits per heavy atom. The standard InChI is InChI=1S/C23H29N3O4/c1-17-9-11-25(12-10-17)21-8-7-19(16-22(21)26(28)29)23(27)24(3)13-14-30-20-6-4-5-18(2)15-20/h4-8,15-17H,9-14H2,1-3H3. The average molecular weight is 412 g/mol. The van der Waals surface area contributed by atoms with Crippen LogP contribution in [0.4, 0.5) is 11.4 Å². The zero-order chi connectivity index (χ0) is 21.7. The summed E-state index contributed by atoms with van der Waals surface area (Å²) in [6, 6.07) is 12.5. The van der Waals surface area contributed by atoms with E-state index in [-0.39, 0.29) is 11.6 Å². The van der Waals surface area contributed by atoms with Crippen molar-refractivity contribution < 1.29 is 14.5 Å². The second-order valence-corrected chi connectivity index (χ2v) is 8.02. The van der Waals surface area contributed by atoms with Crippen molar-refractivity contribution in [3.8, 4) is 5.75 Å². The molecule has 160 valence electrons. The topological polar surface area (TPSA) is 75.9 Å². The Kier molecular flexibility index (Phi) is 6.92. The Morgan fingerprint density at radius 1 is 1.23 bits per heavy atom. The van der Waals surface area contributed by atoms with Gasteiger partial charge in [0, 0.05) is 31.8 Å². The van der Waals surface area contributed by atoms with Gasteiger partial charge in [-0.3, -0.25) is 14.9 Å². The largest absolute Gasteiger partial charge is 0.492 e. The number of benzene rings is 2. The third-order valence-electron chi connectivity index (χ3n) is 5.58. The highest BCUT2D eigenvalue weighted by atomic mass is 16.6. The minimum Gasteiger partial charge on any atom is -0.492 e. The molecular weight excluding hydrogens is 382 g/mol. The molecule has 0 radical (unpaired) electrons. The zero-order valence-electron chi connectivity index (χ0n) is 17.8. The van der Waals surface area contributed by atoms with Gasteiger partial charge >= 0.3 is 0 Å². The normalized spacial score (nSPS) is 14.4. The van der Waals surface area contributed by atoms with Gasteiger partial charge in [0.1, 0.15) is 18.0 Å². The van der Waals surface area contributed by atoms with Crippen LogP contribution in [0, 0.1) is 23.0 Å². The molecule has 1 fully saturated rings. The van der Waals surface area contributed by atoms with Crippen molar-refractivity contribution in [2.45, 2.75) is 26.7 Å². The number of ether oxygens (including phenoxy) is 1. The first kappa shape index (κ1) is 21.6. The number of anilines is 1. The minimum atomic E-state index is -0.398. The Morgan fingerprint density at radius 2 is 1.97 bits per heavy atom. The molecule has 1 saturated heterocycles. The van der Waals surface area contributed by atoms with E-state index in [1.807, 2.05) is 36.1 Å². The van der Waals surface area contributed by atoms with E-state index in [4.69, 9.17) is 4.74 Å². The third kappa shape index (κ3) is 5.28. The molecule has 7 nitrogen and oxygen atoms in total. The van der Waals surface area contributed by atoms with Crippen molar-refractivity contribution in [2.75, 3.05) is 38.2 Å². The van der Waals surface area contributed by atoms with E-state index >= 15 is 0 Å². The molecular formula is C23H29N3O4. The third-order valence-corrected chi connectivity index (χ3v) is 5.58. The minimum absolute atomic E-state index is 0.0141. The number of rotatable bonds is 7. The highest BCUT2D eigenvalue weighted by Crippen LogP contribution is 2.32. The fraction of sp³-hybridized carbons (Fsp3) is 0.435. The van der Waals surface area contributed by atoms with E-state index < -0.39 is 4.92 Å². The SMILES string of the molecule is Cc1cccc(OCCN(C)C(=O)c2ccc(N3CCC(C)CC3)c([N+](=O)[O-])c2)c1. The maximum atomic E-state index is 12.8. The Balaban J connectivity index is 1.66. The van der Waals surface area contributed by atoms with Crippen LogP contribution < -0.4 is 9.64 Å². The molecule has 1 amide bonds. The van der Waals surface area contributed by atoms with Gasteiger partial charge in [0.2, 0.25) is 0 Å². The molecule has 0 spiro atoms. The molecule has 7 heteroatoms. The van der Waals surface area contributed by atoms with Gasteiger partial charge in [-0.25, -0.2) is 0 Å². The van der Waals surface area contributed by atoms with Crippen LogP contribution in [0.1, 0.15) is 35.7 Å². The first-order valence-corrected chi connectivity index (χ1v) is 10.3. The summed E-state index contributed by atoms with van der Waals surface area (Å²) in [5, 5.41) is 11.7. The van der Waals surface area contributed by atoms with Crippen molar-refractivity contribution in [3.05, 3.63) is 63.7 Å². The zero-order valence-corrected chi connectivity index (χ0v) is 17.8. The van der Waals surface area contributed by atoms with Crippen LogP contribution in [0.3, 0.4) is 0 Å². The summed E-state index contributed by atoms with van der Waals surface area (Å²) in [5.74, 6) is 1.13. The lowest BCUT2D eigenvalue weighted by Crippen LogP contribution is -2.33. The molecule has 0 aromatic heterocycles. The smallest absolute Gasteiger partial charge is 0.293 e. The molecule has 0 unspecified atom stereocenters. The van der Waals surface area contributed by atoms with Crippen LogP contribution in [-0.2, 0) is 0 Å². The Hall–Kier alpha value is -3.09. The first-order valence-electron chi connectivity index (χ1n) is 10.3. The maximum absolute atomic E-state index is 12.8. The number of carbonyl (C=O) groups excluding carboxylic acids is 1. The van der Waals surface area contributed by atoms with Gasteiger partial charge in [0.25, 0.3) is 11.6 Å². The van der Waals surface area contributed by atoms with E-state index in [0.717, 1.165) is 37.2 Å². The number of aryl methyl sites for hydroxylation is 1. The van der Waals surface area contributed by atoms with Crippen LogP contribution in [0.5, 0.6) is 5.75 Å². The van der Waals surface area contributed by atoms with Crippen molar-refractivity contribution in [2.24, 2.45) is 5.92 Å². The number of hydrogen-bond acceptors (Lipinski definition) is 5. The average Bonchev–Trinajstić information content (AvgIpc) is 2.73. The van der Waals surface area contributed by atoms with Gasteiger partial charge < -0.3 is 14.5 Å². The molecule has 1 aliphatic rings.